The van der Waals surface area contributed by atoms with Crippen LogP contribution in [0, 0.1) is 11.7 Å². The third-order valence-electron chi connectivity index (χ3n) is 4.39. The van der Waals surface area contributed by atoms with Crippen molar-refractivity contribution in [2.75, 3.05) is 26.7 Å². The van der Waals surface area contributed by atoms with Gasteiger partial charge in [0.25, 0.3) is 0 Å². The summed E-state index contributed by atoms with van der Waals surface area (Å²) in [4.78, 5) is 2.61. The van der Waals surface area contributed by atoms with Gasteiger partial charge in [-0.15, -0.1) is 0 Å². The molecule has 1 N–H and O–H groups in total. The van der Waals surface area contributed by atoms with Crippen molar-refractivity contribution in [1.82, 2.24) is 10.2 Å². The molecule has 4 heteroatoms. The molecule has 0 amide bonds. The summed E-state index contributed by atoms with van der Waals surface area (Å²) in [5.41, 5.74) is 0.711. The van der Waals surface area contributed by atoms with E-state index < -0.39 is 0 Å². The molecule has 1 atom stereocenters. The summed E-state index contributed by atoms with van der Waals surface area (Å²) in [5.74, 6) is 1.10. The highest BCUT2D eigenvalue weighted by atomic mass is 19.1. The number of ether oxygens (including phenoxy) is 1. The Labute approximate surface area is 120 Å². The molecule has 1 saturated heterocycles. The van der Waals surface area contributed by atoms with E-state index in [1.807, 2.05) is 6.07 Å². The molecule has 0 radical (unpaired) electrons. The molecule has 1 aromatic rings. The Morgan fingerprint density at radius 3 is 2.90 bits per heavy atom. The average molecular weight is 278 g/mol. The van der Waals surface area contributed by atoms with Crippen molar-refractivity contribution in [1.29, 1.82) is 0 Å². The molecule has 0 spiro atoms. The standard InChI is InChI=1S/C16H23FN2O/c1-20-15-5-2-13(16(17)8-15)10-18-9-12-6-7-19(11-12)14-3-4-14/h2,5,8,12,14,18H,3-4,6-7,9-11H2,1H3. The van der Waals surface area contributed by atoms with Crippen molar-refractivity contribution >= 4 is 0 Å². The molecule has 3 rings (SSSR count). The molecule has 2 fully saturated rings. The molecule has 1 heterocycles. The lowest BCUT2D eigenvalue weighted by atomic mass is 10.1. The van der Waals surface area contributed by atoms with Gasteiger partial charge in [-0.3, -0.25) is 0 Å². The zero-order chi connectivity index (χ0) is 13.9. The lowest BCUT2D eigenvalue weighted by Gasteiger charge is -2.15. The van der Waals surface area contributed by atoms with Crippen molar-refractivity contribution < 1.29 is 9.13 Å². The topological polar surface area (TPSA) is 24.5 Å². The highest BCUT2D eigenvalue weighted by molar-refractivity contribution is 5.28. The summed E-state index contributed by atoms with van der Waals surface area (Å²) in [6.07, 6.45) is 4.04. The van der Waals surface area contributed by atoms with E-state index in [9.17, 15) is 4.39 Å². The maximum atomic E-state index is 13.8. The molecule has 0 aromatic heterocycles. The summed E-state index contributed by atoms with van der Waals surface area (Å²) in [5, 5.41) is 3.39. The van der Waals surface area contributed by atoms with E-state index in [1.165, 1.54) is 38.4 Å². The Morgan fingerprint density at radius 2 is 2.20 bits per heavy atom. The van der Waals surface area contributed by atoms with E-state index in [0.717, 1.165) is 18.5 Å². The van der Waals surface area contributed by atoms with Crippen LogP contribution >= 0.6 is 0 Å². The number of likely N-dealkylation sites (tertiary alicyclic amines) is 1. The number of benzene rings is 1. The van der Waals surface area contributed by atoms with E-state index in [2.05, 4.69) is 10.2 Å². The highest BCUT2D eigenvalue weighted by Gasteiger charge is 2.33. The first-order valence-electron chi connectivity index (χ1n) is 7.53. The Balaban J connectivity index is 1.43. The molecule has 1 aromatic carbocycles. The Kier molecular flexibility index (Phi) is 4.22. The molecule has 2 aliphatic rings. The lowest BCUT2D eigenvalue weighted by molar-refractivity contribution is 0.311. The second-order valence-corrected chi connectivity index (χ2v) is 5.97. The Bertz CT molecular complexity index is 462. The van der Waals surface area contributed by atoms with Crippen LogP contribution in [0.5, 0.6) is 5.75 Å². The predicted octanol–water partition coefficient (Wildman–Crippen LogP) is 2.41. The minimum absolute atomic E-state index is 0.192. The first-order valence-corrected chi connectivity index (χ1v) is 7.53. The highest BCUT2D eigenvalue weighted by Crippen LogP contribution is 2.31. The van der Waals surface area contributed by atoms with Crippen LogP contribution in [-0.4, -0.2) is 37.7 Å². The van der Waals surface area contributed by atoms with Gasteiger partial charge in [0.2, 0.25) is 0 Å². The fraction of sp³-hybridized carbons (Fsp3) is 0.625. The molecule has 0 bridgehead atoms. The smallest absolute Gasteiger partial charge is 0.131 e. The first kappa shape index (κ1) is 13.8. The maximum absolute atomic E-state index is 13.8. The van der Waals surface area contributed by atoms with Gasteiger partial charge in [0.1, 0.15) is 11.6 Å². The molecule has 1 unspecified atom stereocenters. The van der Waals surface area contributed by atoms with Gasteiger partial charge in [-0.2, -0.15) is 0 Å². The maximum Gasteiger partial charge on any atom is 0.131 e. The van der Waals surface area contributed by atoms with Crippen LogP contribution < -0.4 is 10.1 Å². The number of methoxy groups -OCH3 is 1. The van der Waals surface area contributed by atoms with Gasteiger partial charge in [-0.25, -0.2) is 4.39 Å². The second kappa shape index (κ2) is 6.10. The van der Waals surface area contributed by atoms with Crippen LogP contribution in [-0.2, 0) is 6.54 Å². The largest absolute Gasteiger partial charge is 0.497 e. The zero-order valence-electron chi connectivity index (χ0n) is 12.1. The van der Waals surface area contributed by atoms with Crippen LogP contribution in [0.25, 0.3) is 0 Å². The van der Waals surface area contributed by atoms with E-state index in [4.69, 9.17) is 4.74 Å². The molecular weight excluding hydrogens is 255 g/mol. The molecule has 3 nitrogen and oxygen atoms in total. The summed E-state index contributed by atoms with van der Waals surface area (Å²) in [6, 6.07) is 5.93. The Morgan fingerprint density at radius 1 is 1.35 bits per heavy atom. The molecule has 20 heavy (non-hydrogen) atoms. The normalized spacial score (nSPS) is 23.2. The number of halogens is 1. The molecular formula is C16H23FN2O. The van der Waals surface area contributed by atoms with Gasteiger partial charge < -0.3 is 15.0 Å². The zero-order valence-corrected chi connectivity index (χ0v) is 12.1. The second-order valence-electron chi connectivity index (χ2n) is 5.97. The SMILES string of the molecule is COc1ccc(CNCC2CCN(C3CC3)C2)c(F)c1. The number of nitrogens with zero attached hydrogens (tertiary/aromatic N) is 1. The summed E-state index contributed by atoms with van der Waals surface area (Å²) in [7, 11) is 1.55. The van der Waals surface area contributed by atoms with Crippen LogP contribution in [0.1, 0.15) is 24.8 Å². The van der Waals surface area contributed by atoms with Gasteiger partial charge >= 0.3 is 0 Å². The van der Waals surface area contributed by atoms with Gasteiger partial charge in [-0.1, -0.05) is 6.07 Å². The summed E-state index contributed by atoms with van der Waals surface area (Å²) < 4.78 is 18.8. The minimum atomic E-state index is -0.192. The van der Waals surface area contributed by atoms with E-state index in [-0.39, 0.29) is 5.82 Å². The number of hydrogen-bond acceptors (Lipinski definition) is 3. The fourth-order valence-electron chi connectivity index (χ4n) is 3.01. The average Bonchev–Trinajstić information content (AvgIpc) is 3.20. The molecule has 1 aliphatic carbocycles. The van der Waals surface area contributed by atoms with Crippen molar-refractivity contribution in [3.8, 4) is 5.75 Å². The third-order valence-corrected chi connectivity index (χ3v) is 4.39. The third kappa shape index (κ3) is 3.30. The van der Waals surface area contributed by atoms with Crippen LogP contribution in [0.2, 0.25) is 0 Å². The van der Waals surface area contributed by atoms with Gasteiger partial charge in [-0.05, 0) is 44.3 Å². The van der Waals surface area contributed by atoms with Crippen molar-refractivity contribution in [3.05, 3.63) is 29.6 Å². The van der Waals surface area contributed by atoms with E-state index >= 15 is 0 Å². The number of hydrogen-bond donors (Lipinski definition) is 1. The molecule has 1 saturated carbocycles. The Hall–Kier alpha value is -1.13. The number of rotatable bonds is 6. The lowest BCUT2D eigenvalue weighted by Crippen LogP contribution is -2.27. The quantitative estimate of drug-likeness (QED) is 0.865. The monoisotopic (exact) mass is 278 g/mol. The molecule has 1 aliphatic heterocycles. The van der Waals surface area contributed by atoms with Gasteiger partial charge in [0.15, 0.2) is 0 Å². The molecule has 110 valence electrons. The van der Waals surface area contributed by atoms with Gasteiger partial charge in [0, 0.05) is 30.8 Å². The van der Waals surface area contributed by atoms with E-state index in [1.54, 1.807) is 13.2 Å². The van der Waals surface area contributed by atoms with Crippen LogP contribution in [0.3, 0.4) is 0 Å². The minimum Gasteiger partial charge on any atom is -0.497 e. The summed E-state index contributed by atoms with van der Waals surface area (Å²) >= 11 is 0. The fourth-order valence-corrected chi connectivity index (χ4v) is 3.01. The first-order chi connectivity index (χ1) is 9.76. The number of nitrogens with one attached hydrogen (secondary N) is 1. The summed E-state index contributed by atoms with van der Waals surface area (Å²) in [6.45, 7) is 4.03. The van der Waals surface area contributed by atoms with Gasteiger partial charge in [0.05, 0.1) is 7.11 Å². The van der Waals surface area contributed by atoms with Crippen molar-refractivity contribution in [3.63, 3.8) is 0 Å². The van der Waals surface area contributed by atoms with E-state index in [0.29, 0.717) is 17.9 Å². The predicted molar refractivity (Wildman–Crippen MR) is 77.4 cm³/mol. The van der Waals surface area contributed by atoms with Crippen LogP contribution in [0.15, 0.2) is 18.2 Å². The van der Waals surface area contributed by atoms with Crippen molar-refractivity contribution in [2.24, 2.45) is 5.92 Å². The van der Waals surface area contributed by atoms with Crippen LogP contribution in [0.4, 0.5) is 4.39 Å². The van der Waals surface area contributed by atoms with Crippen molar-refractivity contribution in [2.45, 2.75) is 31.8 Å².